The molecule has 0 aromatic heterocycles. The second-order valence-corrected chi connectivity index (χ2v) is 5.14. The number of ether oxygens (including phenoxy) is 2. The van der Waals surface area contributed by atoms with Gasteiger partial charge in [-0.3, -0.25) is 4.79 Å². The summed E-state index contributed by atoms with van der Waals surface area (Å²) in [5, 5.41) is 0. The zero-order valence-corrected chi connectivity index (χ0v) is 12.0. The van der Waals surface area contributed by atoms with Crippen LogP contribution in [0, 0.1) is 0 Å². The Morgan fingerprint density at radius 3 is 3.00 bits per heavy atom. The Morgan fingerprint density at radius 1 is 1.67 bits per heavy atom. The number of carbonyl (C=O) groups is 1. The molecule has 1 aliphatic rings. The van der Waals surface area contributed by atoms with Crippen molar-refractivity contribution in [1.29, 1.82) is 0 Å². The van der Waals surface area contributed by atoms with Gasteiger partial charge in [-0.05, 0) is 35.5 Å². The van der Waals surface area contributed by atoms with Crippen LogP contribution in [0.15, 0.2) is 10.5 Å². The molecule has 1 unspecified atom stereocenters. The SMILES string of the molecule is COc1cc(C(=O)CCN)c(Br)c2c1OC(C)C2. The van der Waals surface area contributed by atoms with E-state index in [1.807, 2.05) is 6.92 Å². The smallest absolute Gasteiger partial charge is 0.166 e. The highest BCUT2D eigenvalue weighted by atomic mass is 79.9. The average Bonchev–Trinajstić information content (AvgIpc) is 2.72. The minimum atomic E-state index is 0.0185. The fourth-order valence-electron chi connectivity index (χ4n) is 2.13. The van der Waals surface area contributed by atoms with Crippen LogP contribution >= 0.6 is 15.9 Å². The van der Waals surface area contributed by atoms with Crippen molar-refractivity contribution < 1.29 is 14.3 Å². The number of fused-ring (bicyclic) bond motifs is 1. The number of hydrogen-bond acceptors (Lipinski definition) is 4. The Morgan fingerprint density at radius 2 is 2.39 bits per heavy atom. The zero-order chi connectivity index (χ0) is 13.3. The Bertz CT molecular complexity index is 488. The third-order valence-corrected chi connectivity index (χ3v) is 3.88. The van der Waals surface area contributed by atoms with Gasteiger partial charge < -0.3 is 15.2 Å². The maximum atomic E-state index is 12.0. The maximum absolute atomic E-state index is 12.0. The number of Topliss-reactive ketones (excluding diaryl/α,β-unsaturated/α-hetero) is 1. The van der Waals surface area contributed by atoms with Crippen molar-refractivity contribution >= 4 is 21.7 Å². The van der Waals surface area contributed by atoms with E-state index in [1.54, 1.807) is 13.2 Å². The van der Waals surface area contributed by atoms with Crippen LogP contribution in [0.1, 0.15) is 29.3 Å². The summed E-state index contributed by atoms with van der Waals surface area (Å²) in [6.45, 7) is 2.34. The van der Waals surface area contributed by atoms with Crippen molar-refractivity contribution in [3.05, 3.63) is 21.7 Å². The van der Waals surface area contributed by atoms with Gasteiger partial charge in [0, 0.05) is 28.4 Å². The van der Waals surface area contributed by atoms with Crippen LogP contribution in [0.5, 0.6) is 11.5 Å². The molecule has 2 N–H and O–H groups in total. The van der Waals surface area contributed by atoms with Gasteiger partial charge in [-0.25, -0.2) is 0 Å². The lowest BCUT2D eigenvalue weighted by molar-refractivity contribution is 0.0984. The highest BCUT2D eigenvalue weighted by Gasteiger charge is 2.28. The van der Waals surface area contributed by atoms with Crippen molar-refractivity contribution in [2.45, 2.75) is 25.9 Å². The predicted molar refractivity (Wildman–Crippen MR) is 72.5 cm³/mol. The largest absolute Gasteiger partial charge is 0.493 e. The predicted octanol–water partition coefficient (Wildman–Crippen LogP) is 2.31. The second-order valence-electron chi connectivity index (χ2n) is 4.34. The quantitative estimate of drug-likeness (QED) is 0.866. The fourth-order valence-corrected chi connectivity index (χ4v) is 2.81. The van der Waals surface area contributed by atoms with Gasteiger partial charge in [0.05, 0.1) is 7.11 Å². The van der Waals surface area contributed by atoms with Gasteiger partial charge in [0.15, 0.2) is 17.3 Å². The number of methoxy groups -OCH3 is 1. The lowest BCUT2D eigenvalue weighted by atomic mass is 10.0. The number of ketones is 1. The minimum absolute atomic E-state index is 0.0185. The second kappa shape index (κ2) is 5.28. The van der Waals surface area contributed by atoms with E-state index >= 15 is 0 Å². The van der Waals surface area contributed by atoms with Crippen molar-refractivity contribution in [3.63, 3.8) is 0 Å². The molecule has 0 radical (unpaired) electrons. The van der Waals surface area contributed by atoms with Gasteiger partial charge in [-0.15, -0.1) is 0 Å². The van der Waals surface area contributed by atoms with Crippen molar-refractivity contribution in [2.24, 2.45) is 5.73 Å². The van der Waals surface area contributed by atoms with Crippen LogP contribution in [0.2, 0.25) is 0 Å². The topological polar surface area (TPSA) is 61.5 Å². The summed E-state index contributed by atoms with van der Waals surface area (Å²) in [7, 11) is 1.58. The van der Waals surface area contributed by atoms with E-state index in [1.165, 1.54) is 0 Å². The van der Waals surface area contributed by atoms with Crippen LogP contribution in [-0.2, 0) is 6.42 Å². The number of nitrogens with two attached hydrogens (primary N) is 1. The van der Waals surface area contributed by atoms with E-state index in [0.717, 1.165) is 22.2 Å². The minimum Gasteiger partial charge on any atom is -0.493 e. The number of halogens is 1. The summed E-state index contributed by atoms with van der Waals surface area (Å²) < 4.78 is 11.8. The molecule has 0 spiro atoms. The molecule has 1 heterocycles. The van der Waals surface area contributed by atoms with Gasteiger partial charge in [0.1, 0.15) is 6.10 Å². The lowest BCUT2D eigenvalue weighted by Crippen LogP contribution is -2.09. The zero-order valence-electron chi connectivity index (χ0n) is 10.5. The summed E-state index contributed by atoms with van der Waals surface area (Å²) in [5.41, 5.74) is 7.05. The third kappa shape index (κ3) is 2.24. The van der Waals surface area contributed by atoms with Crippen LogP contribution in [0.25, 0.3) is 0 Å². The summed E-state index contributed by atoms with van der Waals surface area (Å²) in [6, 6.07) is 1.72. The van der Waals surface area contributed by atoms with Gasteiger partial charge >= 0.3 is 0 Å². The monoisotopic (exact) mass is 313 g/mol. The molecule has 4 nitrogen and oxygen atoms in total. The molecule has 5 heteroatoms. The molecule has 0 aliphatic carbocycles. The lowest BCUT2D eigenvalue weighted by Gasteiger charge is -2.12. The summed E-state index contributed by atoms with van der Waals surface area (Å²) >= 11 is 3.50. The van der Waals surface area contributed by atoms with E-state index in [2.05, 4.69) is 15.9 Å². The fraction of sp³-hybridized carbons (Fsp3) is 0.462. The molecule has 0 saturated carbocycles. The van der Waals surface area contributed by atoms with Gasteiger partial charge in [-0.1, -0.05) is 0 Å². The highest BCUT2D eigenvalue weighted by Crippen LogP contribution is 2.44. The van der Waals surface area contributed by atoms with Crippen LogP contribution in [0.4, 0.5) is 0 Å². The molecule has 0 fully saturated rings. The number of carbonyl (C=O) groups excluding carboxylic acids is 1. The Kier molecular flexibility index (Phi) is 3.92. The first kappa shape index (κ1) is 13.4. The molecular formula is C13H16BrNO3. The summed E-state index contributed by atoms with van der Waals surface area (Å²) in [6.07, 6.45) is 1.21. The van der Waals surface area contributed by atoms with E-state index < -0.39 is 0 Å². The maximum Gasteiger partial charge on any atom is 0.166 e. The number of rotatable bonds is 4. The van der Waals surface area contributed by atoms with E-state index in [-0.39, 0.29) is 11.9 Å². The van der Waals surface area contributed by atoms with Crippen molar-refractivity contribution in [3.8, 4) is 11.5 Å². The molecule has 2 rings (SSSR count). The Labute approximate surface area is 115 Å². The number of benzene rings is 1. The first-order valence-corrected chi connectivity index (χ1v) is 6.67. The molecule has 98 valence electrons. The third-order valence-electron chi connectivity index (χ3n) is 2.98. The molecule has 0 bridgehead atoms. The van der Waals surface area contributed by atoms with Crippen LogP contribution < -0.4 is 15.2 Å². The van der Waals surface area contributed by atoms with Gasteiger partial charge in [0.2, 0.25) is 0 Å². The van der Waals surface area contributed by atoms with Gasteiger partial charge in [0.25, 0.3) is 0 Å². The molecule has 1 aromatic rings. The molecular weight excluding hydrogens is 298 g/mol. The van der Waals surface area contributed by atoms with Crippen molar-refractivity contribution in [2.75, 3.05) is 13.7 Å². The van der Waals surface area contributed by atoms with E-state index in [4.69, 9.17) is 15.2 Å². The van der Waals surface area contributed by atoms with E-state index in [9.17, 15) is 4.79 Å². The average molecular weight is 314 g/mol. The molecule has 18 heavy (non-hydrogen) atoms. The molecule has 1 aromatic carbocycles. The highest BCUT2D eigenvalue weighted by molar-refractivity contribution is 9.10. The van der Waals surface area contributed by atoms with Crippen LogP contribution in [-0.4, -0.2) is 25.5 Å². The van der Waals surface area contributed by atoms with E-state index in [0.29, 0.717) is 24.3 Å². The molecule has 0 amide bonds. The Balaban J connectivity index is 2.51. The first-order valence-electron chi connectivity index (χ1n) is 5.87. The number of hydrogen-bond donors (Lipinski definition) is 1. The van der Waals surface area contributed by atoms with Crippen molar-refractivity contribution in [1.82, 2.24) is 0 Å². The molecule has 0 saturated heterocycles. The summed E-state index contributed by atoms with van der Waals surface area (Å²) in [5.74, 6) is 1.36. The molecule has 1 atom stereocenters. The standard InChI is InChI=1S/C13H16BrNO3/c1-7-5-9-12(14)8(10(16)3-4-15)6-11(17-2)13(9)18-7/h6-7H,3-5,15H2,1-2H3. The Hall–Kier alpha value is -1.07. The summed E-state index contributed by atoms with van der Waals surface area (Å²) in [4.78, 5) is 12.0. The van der Waals surface area contributed by atoms with Gasteiger partial charge in [-0.2, -0.15) is 0 Å². The first-order chi connectivity index (χ1) is 8.58. The molecule has 1 aliphatic heterocycles. The normalized spacial score (nSPS) is 17.2. The van der Waals surface area contributed by atoms with Crippen LogP contribution in [0.3, 0.4) is 0 Å².